The molecule has 0 aliphatic rings. The molecule has 2 aromatic carbocycles. The molecule has 0 aliphatic carbocycles. The number of guanidine groups is 1. The average Bonchev–Trinajstić information content (AvgIpc) is 2.69. The summed E-state index contributed by atoms with van der Waals surface area (Å²) in [7, 11) is 3.30. The van der Waals surface area contributed by atoms with Gasteiger partial charge < -0.3 is 25.4 Å². The second-order valence-corrected chi connectivity index (χ2v) is 6.47. The molecule has 0 aromatic heterocycles. The van der Waals surface area contributed by atoms with Crippen LogP contribution in [0.4, 0.5) is 13.2 Å². The van der Waals surface area contributed by atoms with Crippen LogP contribution in [0.5, 0.6) is 11.5 Å². The van der Waals surface area contributed by atoms with Gasteiger partial charge in [-0.3, -0.25) is 4.79 Å². The number of halogens is 4. The molecule has 0 spiro atoms. The lowest BCUT2D eigenvalue weighted by Gasteiger charge is -2.12. The highest BCUT2D eigenvalue weighted by molar-refractivity contribution is 14.0. The summed E-state index contributed by atoms with van der Waals surface area (Å²) in [5, 5.41) is 2.89. The van der Waals surface area contributed by atoms with Crippen LogP contribution in [-0.4, -0.2) is 43.8 Å². The van der Waals surface area contributed by atoms with E-state index in [0.717, 1.165) is 5.56 Å². The zero-order valence-electron chi connectivity index (χ0n) is 17.0. The van der Waals surface area contributed by atoms with E-state index in [1.54, 1.807) is 32.3 Å². The SMILES string of the molecule is CN(C)C(=O)COc1cccc(CN=C(N)NCc2ccc(OC(F)(F)F)cc2)c1.I. The van der Waals surface area contributed by atoms with Crippen LogP contribution >= 0.6 is 24.0 Å². The first-order valence-electron chi connectivity index (χ1n) is 8.93. The van der Waals surface area contributed by atoms with Gasteiger partial charge in [0.15, 0.2) is 12.6 Å². The van der Waals surface area contributed by atoms with Gasteiger partial charge in [0.25, 0.3) is 5.91 Å². The molecule has 0 unspecified atom stereocenters. The molecule has 31 heavy (non-hydrogen) atoms. The zero-order valence-corrected chi connectivity index (χ0v) is 19.3. The first-order chi connectivity index (χ1) is 14.1. The van der Waals surface area contributed by atoms with Crippen molar-refractivity contribution in [2.75, 3.05) is 20.7 Å². The minimum absolute atomic E-state index is 0. The number of rotatable bonds is 8. The van der Waals surface area contributed by atoms with Crippen LogP contribution in [0, 0.1) is 0 Å². The molecule has 7 nitrogen and oxygen atoms in total. The van der Waals surface area contributed by atoms with Gasteiger partial charge in [0.2, 0.25) is 0 Å². The molecule has 0 saturated heterocycles. The molecule has 3 N–H and O–H groups in total. The summed E-state index contributed by atoms with van der Waals surface area (Å²) in [5.41, 5.74) is 7.38. The first-order valence-corrected chi connectivity index (χ1v) is 8.93. The van der Waals surface area contributed by atoms with E-state index in [9.17, 15) is 18.0 Å². The van der Waals surface area contributed by atoms with Gasteiger partial charge in [0, 0.05) is 20.6 Å². The largest absolute Gasteiger partial charge is 0.573 e. The molecule has 0 fully saturated rings. The van der Waals surface area contributed by atoms with E-state index in [1.165, 1.54) is 29.2 Å². The lowest BCUT2D eigenvalue weighted by molar-refractivity contribution is -0.274. The summed E-state index contributed by atoms with van der Waals surface area (Å²) in [6, 6.07) is 12.6. The number of amides is 1. The lowest BCUT2D eigenvalue weighted by atomic mass is 10.2. The third-order valence-corrected chi connectivity index (χ3v) is 3.82. The smallest absolute Gasteiger partial charge is 0.484 e. The average molecular weight is 552 g/mol. The number of hydrogen-bond acceptors (Lipinski definition) is 4. The van der Waals surface area contributed by atoms with Crippen molar-refractivity contribution in [3.05, 3.63) is 59.7 Å². The Morgan fingerprint density at radius 2 is 1.77 bits per heavy atom. The van der Waals surface area contributed by atoms with Gasteiger partial charge in [-0.15, -0.1) is 37.1 Å². The van der Waals surface area contributed by atoms with Crippen LogP contribution in [0.3, 0.4) is 0 Å². The van der Waals surface area contributed by atoms with E-state index in [2.05, 4.69) is 15.0 Å². The molecule has 1 amide bonds. The van der Waals surface area contributed by atoms with E-state index in [-0.39, 0.29) is 61.3 Å². The highest BCUT2D eigenvalue weighted by Gasteiger charge is 2.30. The maximum Gasteiger partial charge on any atom is 0.573 e. The minimum atomic E-state index is -4.72. The van der Waals surface area contributed by atoms with Crippen LogP contribution < -0.4 is 20.5 Å². The molecule has 2 aromatic rings. The van der Waals surface area contributed by atoms with Crippen molar-refractivity contribution in [2.45, 2.75) is 19.5 Å². The molecule has 0 aliphatic heterocycles. The third-order valence-electron chi connectivity index (χ3n) is 3.82. The van der Waals surface area contributed by atoms with E-state index < -0.39 is 6.36 Å². The molecular formula is C20H24F3IN4O3. The second-order valence-electron chi connectivity index (χ2n) is 6.47. The van der Waals surface area contributed by atoms with Crippen LogP contribution in [0.2, 0.25) is 0 Å². The molecular weight excluding hydrogens is 528 g/mol. The summed E-state index contributed by atoms with van der Waals surface area (Å²) in [5.74, 6) is 0.289. The number of nitrogens with zero attached hydrogens (tertiary/aromatic N) is 2. The standard InChI is InChI=1S/C20H23F3N4O3.HI/c1-27(2)18(28)13-29-17-5-3-4-15(10-17)12-26-19(24)25-11-14-6-8-16(9-7-14)30-20(21,22)23;/h3-10H,11-13H2,1-2H3,(H3,24,25,26);1H. The monoisotopic (exact) mass is 552 g/mol. The normalized spacial score (nSPS) is 11.3. The van der Waals surface area contributed by atoms with Crippen LogP contribution in [0.1, 0.15) is 11.1 Å². The first kappa shape index (κ1) is 26.3. The van der Waals surface area contributed by atoms with Crippen LogP contribution in [0.25, 0.3) is 0 Å². The van der Waals surface area contributed by atoms with Crippen molar-refractivity contribution >= 4 is 35.8 Å². The number of ether oxygens (including phenoxy) is 2. The van der Waals surface area contributed by atoms with Gasteiger partial charge in [-0.2, -0.15) is 0 Å². The van der Waals surface area contributed by atoms with Gasteiger partial charge >= 0.3 is 6.36 Å². The second kappa shape index (κ2) is 12.2. The van der Waals surface area contributed by atoms with Gasteiger partial charge in [0.1, 0.15) is 11.5 Å². The Hall–Kier alpha value is -2.70. The molecule has 0 atom stereocenters. The summed E-state index contributed by atoms with van der Waals surface area (Å²) < 4.78 is 45.8. The molecule has 170 valence electrons. The van der Waals surface area contributed by atoms with Crippen molar-refractivity contribution in [3.8, 4) is 11.5 Å². The topological polar surface area (TPSA) is 89.2 Å². The van der Waals surface area contributed by atoms with Gasteiger partial charge in [0.05, 0.1) is 6.54 Å². The fourth-order valence-electron chi connectivity index (χ4n) is 2.24. The molecule has 11 heteroatoms. The van der Waals surface area contributed by atoms with Crippen molar-refractivity contribution in [1.82, 2.24) is 10.2 Å². The van der Waals surface area contributed by atoms with E-state index in [4.69, 9.17) is 10.5 Å². The van der Waals surface area contributed by atoms with Crippen LogP contribution in [-0.2, 0) is 17.9 Å². The highest BCUT2D eigenvalue weighted by Crippen LogP contribution is 2.22. The number of carbonyl (C=O) groups is 1. The number of hydrogen-bond donors (Lipinski definition) is 2. The number of nitrogens with one attached hydrogen (secondary N) is 1. The third kappa shape index (κ3) is 10.2. The molecule has 0 saturated carbocycles. The Bertz CT molecular complexity index is 875. The van der Waals surface area contributed by atoms with E-state index in [0.29, 0.717) is 11.3 Å². The van der Waals surface area contributed by atoms with Crippen molar-refractivity contribution in [2.24, 2.45) is 10.7 Å². The quantitative estimate of drug-likeness (QED) is 0.298. The van der Waals surface area contributed by atoms with Crippen LogP contribution in [0.15, 0.2) is 53.5 Å². The van der Waals surface area contributed by atoms with Gasteiger partial charge in [-0.1, -0.05) is 24.3 Å². The predicted molar refractivity (Wildman–Crippen MR) is 121 cm³/mol. The van der Waals surface area contributed by atoms with Gasteiger partial charge in [-0.25, -0.2) is 4.99 Å². The Kier molecular flexibility index (Phi) is 10.4. The molecule has 2 rings (SSSR count). The number of carbonyl (C=O) groups excluding carboxylic acids is 1. The van der Waals surface area contributed by atoms with Crippen molar-refractivity contribution < 1.29 is 27.4 Å². The van der Waals surface area contributed by atoms with Crippen molar-refractivity contribution in [3.63, 3.8) is 0 Å². The predicted octanol–water partition coefficient (Wildman–Crippen LogP) is 3.27. The fourth-order valence-corrected chi connectivity index (χ4v) is 2.24. The Balaban J connectivity index is 0.00000480. The molecule has 0 radical (unpaired) electrons. The number of alkyl halides is 3. The maximum absolute atomic E-state index is 12.2. The number of aliphatic imine (C=N–C) groups is 1. The van der Waals surface area contributed by atoms with Gasteiger partial charge in [-0.05, 0) is 35.4 Å². The molecule has 0 heterocycles. The number of nitrogens with two attached hydrogens (primary N) is 1. The summed E-state index contributed by atoms with van der Waals surface area (Å²) in [6.07, 6.45) is -4.72. The Labute approximate surface area is 195 Å². The fraction of sp³-hybridized carbons (Fsp3) is 0.300. The summed E-state index contributed by atoms with van der Waals surface area (Å²) in [6.45, 7) is 0.518. The van der Waals surface area contributed by atoms with E-state index >= 15 is 0 Å². The van der Waals surface area contributed by atoms with Crippen molar-refractivity contribution in [1.29, 1.82) is 0 Å². The minimum Gasteiger partial charge on any atom is -0.484 e. The number of benzene rings is 2. The lowest BCUT2D eigenvalue weighted by Crippen LogP contribution is -2.31. The summed E-state index contributed by atoms with van der Waals surface area (Å²) in [4.78, 5) is 17.2. The summed E-state index contributed by atoms with van der Waals surface area (Å²) >= 11 is 0. The maximum atomic E-state index is 12.2. The molecule has 0 bridgehead atoms. The van der Waals surface area contributed by atoms with E-state index in [1.807, 2.05) is 6.07 Å². The number of likely N-dealkylation sites (N-methyl/N-ethyl adjacent to an activating group) is 1. The Morgan fingerprint density at radius 1 is 1.10 bits per heavy atom. The highest BCUT2D eigenvalue weighted by atomic mass is 127. The Morgan fingerprint density at radius 3 is 2.39 bits per heavy atom. The zero-order chi connectivity index (χ0) is 22.1.